The van der Waals surface area contributed by atoms with Crippen molar-refractivity contribution >= 4 is 11.6 Å². The summed E-state index contributed by atoms with van der Waals surface area (Å²) in [6, 6.07) is 0. The molecule has 0 bridgehead atoms. The third kappa shape index (κ3) is 2.34. The van der Waals surface area contributed by atoms with Gasteiger partial charge in [0.1, 0.15) is 11.4 Å². The number of pyridine rings is 1. The minimum absolute atomic E-state index is 0.334. The van der Waals surface area contributed by atoms with Crippen molar-refractivity contribution in [3.63, 3.8) is 0 Å². The first kappa shape index (κ1) is 13.0. The predicted molar refractivity (Wildman–Crippen MR) is 45.4 cm³/mol. The molecule has 90 valence electrons. The largest absolute Gasteiger partial charge is 0.506 e. The Kier molecular flexibility index (Phi) is 3.57. The molecule has 0 spiro atoms. The van der Waals surface area contributed by atoms with E-state index in [-0.39, 0.29) is 0 Å². The fourth-order valence-electron chi connectivity index (χ4n) is 1.18. The van der Waals surface area contributed by atoms with E-state index in [9.17, 15) is 22.0 Å². The van der Waals surface area contributed by atoms with E-state index in [4.69, 9.17) is 16.7 Å². The van der Waals surface area contributed by atoms with Crippen LogP contribution in [0, 0.1) is 0 Å². The number of hydrogen-bond donors (Lipinski definition) is 1. The summed E-state index contributed by atoms with van der Waals surface area (Å²) < 4.78 is 61.9. The highest BCUT2D eigenvalue weighted by Gasteiger charge is 2.38. The summed E-state index contributed by atoms with van der Waals surface area (Å²) in [5.74, 6) is -1.81. The molecule has 0 atom stereocenters. The monoisotopic (exact) mass is 261 g/mol. The average molecular weight is 262 g/mol. The van der Waals surface area contributed by atoms with Crippen LogP contribution in [0.2, 0.25) is 0 Å². The van der Waals surface area contributed by atoms with Crippen LogP contribution in [0.15, 0.2) is 6.20 Å². The van der Waals surface area contributed by atoms with E-state index in [0.29, 0.717) is 6.20 Å². The Bertz CT molecular complexity index is 393. The Morgan fingerprint density at radius 1 is 1.38 bits per heavy atom. The summed E-state index contributed by atoms with van der Waals surface area (Å²) in [5, 5.41) is 9.01. The molecule has 0 fully saturated rings. The van der Waals surface area contributed by atoms with Gasteiger partial charge in [0, 0.05) is 5.56 Å². The molecule has 1 aromatic heterocycles. The zero-order valence-corrected chi connectivity index (χ0v) is 8.28. The summed E-state index contributed by atoms with van der Waals surface area (Å²) >= 11 is 5.17. The van der Waals surface area contributed by atoms with Gasteiger partial charge in [-0.2, -0.15) is 13.2 Å². The van der Waals surface area contributed by atoms with Crippen molar-refractivity contribution in [2.45, 2.75) is 18.5 Å². The Morgan fingerprint density at radius 2 is 1.94 bits per heavy atom. The van der Waals surface area contributed by atoms with Crippen LogP contribution < -0.4 is 0 Å². The lowest BCUT2D eigenvalue weighted by atomic mass is 10.1. The van der Waals surface area contributed by atoms with Gasteiger partial charge in [-0.1, -0.05) is 0 Å². The molecule has 1 aromatic rings. The van der Waals surface area contributed by atoms with Crippen LogP contribution >= 0.6 is 11.6 Å². The Balaban J connectivity index is 3.49. The van der Waals surface area contributed by atoms with Crippen LogP contribution in [-0.4, -0.2) is 10.1 Å². The van der Waals surface area contributed by atoms with Gasteiger partial charge < -0.3 is 5.11 Å². The standard InChI is InChI=1S/C8H5ClF5NO/c9-1-3-5(7(10)11)4(16)2-15-6(3)8(12,13)14/h2,7,16H,1H2. The zero-order valence-electron chi connectivity index (χ0n) is 7.52. The van der Waals surface area contributed by atoms with Gasteiger partial charge in [-0.3, -0.25) is 0 Å². The molecule has 0 aliphatic carbocycles. The van der Waals surface area contributed by atoms with Gasteiger partial charge in [-0.25, -0.2) is 13.8 Å². The van der Waals surface area contributed by atoms with Crippen LogP contribution in [0.3, 0.4) is 0 Å². The Hall–Kier alpha value is -1.11. The fourth-order valence-corrected chi connectivity index (χ4v) is 1.45. The second kappa shape index (κ2) is 4.40. The summed E-state index contributed by atoms with van der Waals surface area (Å²) in [5.41, 5.74) is -3.53. The second-order valence-corrected chi connectivity index (χ2v) is 3.08. The molecule has 0 aliphatic heterocycles. The van der Waals surface area contributed by atoms with Crippen molar-refractivity contribution in [2.75, 3.05) is 0 Å². The van der Waals surface area contributed by atoms with Gasteiger partial charge in [0.25, 0.3) is 6.43 Å². The molecule has 0 amide bonds. The number of hydrogen-bond acceptors (Lipinski definition) is 2. The average Bonchev–Trinajstić information content (AvgIpc) is 2.14. The minimum Gasteiger partial charge on any atom is -0.506 e. The van der Waals surface area contributed by atoms with E-state index >= 15 is 0 Å². The third-order valence-corrected chi connectivity index (χ3v) is 2.09. The number of rotatable bonds is 2. The highest BCUT2D eigenvalue weighted by Crippen LogP contribution is 2.39. The predicted octanol–water partition coefficient (Wildman–Crippen LogP) is 3.48. The Labute approximate surface area is 91.7 Å². The first-order chi connectivity index (χ1) is 7.29. The van der Waals surface area contributed by atoms with Crippen LogP contribution in [0.4, 0.5) is 22.0 Å². The molecule has 0 aliphatic rings. The number of halogens is 6. The van der Waals surface area contributed by atoms with E-state index in [1.807, 2.05) is 0 Å². The highest BCUT2D eigenvalue weighted by atomic mass is 35.5. The molecule has 16 heavy (non-hydrogen) atoms. The lowest BCUT2D eigenvalue weighted by molar-refractivity contribution is -0.141. The molecule has 1 heterocycles. The molecule has 1 rings (SSSR count). The molecule has 2 nitrogen and oxygen atoms in total. The highest BCUT2D eigenvalue weighted by molar-refractivity contribution is 6.17. The molecule has 8 heteroatoms. The number of nitrogens with zero attached hydrogens (tertiary/aromatic N) is 1. The Morgan fingerprint density at radius 3 is 2.31 bits per heavy atom. The lowest BCUT2D eigenvalue weighted by Gasteiger charge is -2.14. The first-order valence-electron chi connectivity index (χ1n) is 3.91. The van der Waals surface area contributed by atoms with Gasteiger partial charge in [-0.15, -0.1) is 11.6 Å². The lowest BCUT2D eigenvalue weighted by Crippen LogP contribution is -2.13. The number of alkyl halides is 6. The van der Waals surface area contributed by atoms with Gasteiger partial charge in [0.2, 0.25) is 0 Å². The van der Waals surface area contributed by atoms with E-state index in [2.05, 4.69) is 4.98 Å². The molecule has 1 N–H and O–H groups in total. The van der Waals surface area contributed by atoms with Gasteiger partial charge in [0.05, 0.1) is 17.6 Å². The van der Waals surface area contributed by atoms with Gasteiger partial charge in [-0.05, 0) is 0 Å². The van der Waals surface area contributed by atoms with Crippen molar-refractivity contribution in [1.82, 2.24) is 4.98 Å². The van der Waals surface area contributed by atoms with Gasteiger partial charge in [0.15, 0.2) is 0 Å². The summed E-state index contributed by atoms with van der Waals surface area (Å²) in [4.78, 5) is 2.87. The van der Waals surface area contributed by atoms with Crippen molar-refractivity contribution in [3.8, 4) is 5.75 Å². The minimum atomic E-state index is -4.89. The third-order valence-electron chi connectivity index (χ3n) is 1.82. The number of aromatic nitrogens is 1. The molecule has 0 saturated heterocycles. The molecule has 0 radical (unpaired) electrons. The summed E-state index contributed by atoms with van der Waals surface area (Å²) in [6.07, 6.45) is -7.81. The van der Waals surface area contributed by atoms with Crippen LogP contribution in [-0.2, 0) is 12.1 Å². The van der Waals surface area contributed by atoms with E-state index in [1.54, 1.807) is 0 Å². The van der Waals surface area contributed by atoms with Crippen molar-refractivity contribution < 1.29 is 27.1 Å². The van der Waals surface area contributed by atoms with Crippen LogP contribution in [0.25, 0.3) is 0 Å². The quantitative estimate of drug-likeness (QED) is 0.653. The second-order valence-electron chi connectivity index (χ2n) is 2.82. The maximum absolute atomic E-state index is 12.4. The SMILES string of the molecule is Oc1cnc(C(F)(F)F)c(CCl)c1C(F)F. The fraction of sp³-hybridized carbons (Fsp3) is 0.375. The number of aromatic hydroxyl groups is 1. The van der Waals surface area contributed by atoms with E-state index in [0.717, 1.165) is 0 Å². The zero-order chi connectivity index (χ0) is 12.5. The molecule has 0 saturated carbocycles. The van der Waals surface area contributed by atoms with Crippen LogP contribution in [0.1, 0.15) is 23.2 Å². The molecular weight excluding hydrogens is 257 g/mol. The molecule has 0 unspecified atom stereocenters. The maximum atomic E-state index is 12.4. The van der Waals surface area contributed by atoms with E-state index in [1.165, 1.54) is 0 Å². The smallest absolute Gasteiger partial charge is 0.433 e. The van der Waals surface area contributed by atoms with Crippen LogP contribution in [0.5, 0.6) is 5.75 Å². The molecular formula is C8H5ClF5NO. The molecule has 0 aromatic carbocycles. The topological polar surface area (TPSA) is 33.1 Å². The summed E-state index contributed by atoms with van der Waals surface area (Å²) in [6.45, 7) is 0. The normalized spacial score (nSPS) is 12.2. The van der Waals surface area contributed by atoms with Gasteiger partial charge >= 0.3 is 6.18 Å². The van der Waals surface area contributed by atoms with Crippen molar-refractivity contribution in [2.24, 2.45) is 0 Å². The van der Waals surface area contributed by atoms with Crippen molar-refractivity contribution in [1.29, 1.82) is 0 Å². The van der Waals surface area contributed by atoms with Crippen molar-refractivity contribution in [3.05, 3.63) is 23.0 Å². The maximum Gasteiger partial charge on any atom is 0.433 e. The van der Waals surface area contributed by atoms with E-state index < -0.39 is 41.1 Å². The summed E-state index contributed by atoms with van der Waals surface area (Å²) in [7, 11) is 0. The first-order valence-corrected chi connectivity index (χ1v) is 4.44.